The summed E-state index contributed by atoms with van der Waals surface area (Å²) in [4.78, 5) is 15.7. The van der Waals surface area contributed by atoms with Gasteiger partial charge in [0.05, 0.1) is 49.1 Å². The molecule has 0 bridgehead atoms. The zero-order chi connectivity index (χ0) is 33.5. The molecule has 3 saturated heterocycles. The van der Waals surface area contributed by atoms with Crippen LogP contribution < -0.4 is 0 Å². The maximum Gasteiger partial charge on any atom is 0.311 e. The minimum Gasteiger partial charge on any atom is -0.462 e. The van der Waals surface area contributed by atoms with E-state index in [4.69, 9.17) is 18.9 Å². The minimum atomic E-state index is -1.02. The quantitative estimate of drug-likeness (QED) is 0.360. The number of carbonyl (C=O) groups excluding carboxylic acids is 1. The summed E-state index contributed by atoms with van der Waals surface area (Å²) in [6.45, 7) is 21.4. The van der Waals surface area contributed by atoms with Crippen molar-refractivity contribution in [3.8, 4) is 0 Å². The van der Waals surface area contributed by atoms with Crippen molar-refractivity contribution in [1.29, 1.82) is 0 Å². The Balaban J connectivity index is 1.01. The molecule has 0 radical (unpaired) electrons. The molecule has 0 aromatic rings. The third-order valence-electron chi connectivity index (χ3n) is 16.8. The summed E-state index contributed by atoms with van der Waals surface area (Å²) in [7, 11) is 0. The molecule has 2 spiro atoms. The van der Waals surface area contributed by atoms with Gasteiger partial charge in [-0.2, -0.15) is 0 Å². The Morgan fingerprint density at radius 2 is 1.70 bits per heavy atom. The fraction of sp³-hybridized carbons (Fsp3) is 0.974. The van der Waals surface area contributed by atoms with E-state index < -0.39 is 17.8 Å². The topological polar surface area (TPSA) is 97.7 Å². The van der Waals surface area contributed by atoms with E-state index in [0.717, 1.165) is 64.8 Å². The van der Waals surface area contributed by atoms with E-state index in [1.165, 1.54) is 12.8 Å². The lowest BCUT2D eigenvalue weighted by Crippen LogP contribution is -2.62. The highest BCUT2D eigenvalue weighted by Gasteiger charge is 2.85. The molecule has 8 aliphatic rings. The molecule has 47 heavy (non-hydrogen) atoms. The van der Waals surface area contributed by atoms with Crippen LogP contribution >= 0.6 is 0 Å². The van der Waals surface area contributed by atoms with Crippen molar-refractivity contribution in [3.05, 3.63) is 0 Å². The fourth-order valence-electron chi connectivity index (χ4n) is 14.3. The average molecular weight is 658 g/mol. The molecule has 5 aliphatic carbocycles. The Morgan fingerprint density at radius 1 is 1.02 bits per heavy atom. The van der Waals surface area contributed by atoms with Crippen molar-refractivity contribution < 1.29 is 34.0 Å². The normalized spacial score (nSPS) is 51.3. The highest BCUT2D eigenvalue weighted by atomic mass is 16.6. The van der Waals surface area contributed by atoms with Gasteiger partial charge in [0, 0.05) is 30.5 Å². The Morgan fingerprint density at radius 3 is 2.34 bits per heavy atom. The highest BCUT2D eigenvalue weighted by Crippen LogP contribution is 2.89. The second kappa shape index (κ2) is 10.6. The number of esters is 1. The Bertz CT molecular complexity index is 1260. The van der Waals surface area contributed by atoms with Gasteiger partial charge in [0.1, 0.15) is 12.2 Å². The molecule has 3 aliphatic heterocycles. The van der Waals surface area contributed by atoms with Crippen LogP contribution in [-0.2, 0) is 23.7 Å². The van der Waals surface area contributed by atoms with E-state index in [-0.39, 0.29) is 57.3 Å². The molecule has 13 atom stereocenters. The molecule has 0 aromatic heterocycles. The largest absolute Gasteiger partial charge is 0.462 e. The van der Waals surface area contributed by atoms with E-state index >= 15 is 0 Å². The van der Waals surface area contributed by atoms with Crippen LogP contribution in [0.25, 0.3) is 0 Å². The number of carbonyl (C=O) groups is 1. The summed E-state index contributed by atoms with van der Waals surface area (Å²) < 4.78 is 24.8. The third kappa shape index (κ3) is 4.30. The summed E-state index contributed by atoms with van der Waals surface area (Å²) >= 11 is 0. The number of likely N-dealkylation sites (tertiary alicyclic amines) is 1. The van der Waals surface area contributed by atoms with Gasteiger partial charge in [-0.3, -0.25) is 9.69 Å². The van der Waals surface area contributed by atoms with Crippen LogP contribution in [0.1, 0.15) is 107 Å². The molecule has 8 nitrogen and oxygen atoms in total. The van der Waals surface area contributed by atoms with Gasteiger partial charge in [-0.25, -0.2) is 0 Å². The standard InChI is InChI=1S/C39H63NO7/c1-9-45-32(35(5,6)43)25-16-22(2)29-30(46-25)31(41)37(8)27-11-10-26-34(3,4)28(47-33(42)23-17-40(18-23)24-19-44-20-24)12-13-38(26)21-39(27,38)15-14-36(29,37)7/h22-32,41,43H,9-21H2,1-8H3/t22-,25-,26+,27+,28+,29+,30+,31+,32+,36-,37-,38?,39+/m1/s1. The van der Waals surface area contributed by atoms with Crippen LogP contribution in [0.3, 0.4) is 0 Å². The monoisotopic (exact) mass is 657 g/mol. The van der Waals surface area contributed by atoms with Gasteiger partial charge in [-0.05, 0) is 112 Å². The van der Waals surface area contributed by atoms with Gasteiger partial charge >= 0.3 is 5.97 Å². The first kappa shape index (κ1) is 33.4. The number of hydrogen-bond acceptors (Lipinski definition) is 8. The van der Waals surface area contributed by atoms with Gasteiger partial charge in [0.2, 0.25) is 0 Å². The van der Waals surface area contributed by atoms with E-state index in [1.807, 2.05) is 20.8 Å². The molecule has 8 heteroatoms. The van der Waals surface area contributed by atoms with Gasteiger partial charge < -0.3 is 29.2 Å². The Labute approximate surface area is 283 Å². The first-order valence-electron chi connectivity index (χ1n) is 19.2. The number of hydrogen-bond donors (Lipinski definition) is 2. The van der Waals surface area contributed by atoms with Crippen molar-refractivity contribution in [2.24, 2.45) is 56.7 Å². The predicted molar refractivity (Wildman–Crippen MR) is 177 cm³/mol. The number of nitrogens with zero attached hydrogens (tertiary/aromatic N) is 1. The number of rotatable bonds is 7. The number of aliphatic hydroxyl groups excluding tert-OH is 1. The maximum atomic E-state index is 13.3. The minimum absolute atomic E-state index is 0.00474. The molecule has 5 saturated carbocycles. The number of fused-ring (bicyclic) bond motifs is 4. The smallest absolute Gasteiger partial charge is 0.311 e. The van der Waals surface area contributed by atoms with E-state index in [2.05, 4.69) is 39.5 Å². The zero-order valence-electron chi connectivity index (χ0n) is 30.4. The molecule has 266 valence electrons. The Hall–Kier alpha value is -0.770. The summed E-state index contributed by atoms with van der Waals surface area (Å²) in [5.41, 5.74) is -0.781. The van der Waals surface area contributed by atoms with Crippen molar-refractivity contribution in [1.82, 2.24) is 4.90 Å². The van der Waals surface area contributed by atoms with E-state index in [1.54, 1.807) is 0 Å². The van der Waals surface area contributed by atoms with Crippen LogP contribution in [0.5, 0.6) is 0 Å². The fourth-order valence-corrected chi connectivity index (χ4v) is 14.3. The summed E-state index contributed by atoms with van der Waals surface area (Å²) in [5, 5.41) is 23.6. The number of ether oxygens (including phenoxy) is 4. The summed E-state index contributed by atoms with van der Waals surface area (Å²) in [6, 6.07) is 0.490. The van der Waals surface area contributed by atoms with Crippen molar-refractivity contribution in [3.63, 3.8) is 0 Å². The second-order valence-corrected chi connectivity index (χ2v) is 19.4. The molecule has 2 N–H and O–H groups in total. The van der Waals surface area contributed by atoms with Crippen LogP contribution in [0.15, 0.2) is 0 Å². The van der Waals surface area contributed by atoms with Crippen molar-refractivity contribution >= 4 is 5.97 Å². The van der Waals surface area contributed by atoms with Gasteiger partial charge in [-0.1, -0.05) is 34.6 Å². The first-order chi connectivity index (χ1) is 22.0. The lowest BCUT2D eigenvalue weighted by Gasteiger charge is -2.63. The molecular formula is C39H63NO7. The van der Waals surface area contributed by atoms with Gasteiger partial charge in [-0.15, -0.1) is 0 Å². The molecule has 3 heterocycles. The zero-order valence-corrected chi connectivity index (χ0v) is 30.4. The van der Waals surface area contributed by atoms with Gasteiger partial charge in [0.15, 0.2) is 0 Å². The highest BCUT2D eigenvalue weighted by molar-refractivity contribution is 5.74. The SMILES string of the molecule is CCO[C@@H]([C@H]1C[C@@H](C)[C@H]2[C@H](O1)[C@H](O)[C@@]1(C)[C@@H]3CC[C@H]4C(C)(C)[C@@H](OC(=O)C5CN(C6COC6)C5)CCC45C[C@@]35CC[C@]21C)C(C)(C)O. The average Bonchev–Trinajstić information content (AvgIpc) is 3.58. The van der Waals surface area contributed by atoms with Crippen LogP contribution in [0.2, 0.25) is 0 Å². The lowest BCUT2D eigenvalue weighted by atomic mass is 9.41. The van der Waals surface area contributed by atoms with Crippen molar-refractivity contribution in [2.45, 2.75) is 149 Å². The van der Waals surface area contributed by atoms with Crippen molar-refractivity contribution in [2.75, 3.05) is 32.9 Å². The molecule has 0 aromatic carbocycles. The Kier molecular flexibility index (Phi) is 7.55. The second-order valence-electron chi connectivity index (χ2n) is 19.4. The van der Waals surface area contributed by atoms with Crippen LogP contribution in [0, 0.1) is 56.7 Å². The van der Waals surface area contributed by atoms with Crippen LogP contribution in [0.4, 0.5) is 0 Å². The molecule has 0 amide bonds. The molecule has 1 unspecified atom stereocenters. The summed E-state index contributed by atoms with van der Waals surface area (Å²) in [6.07, 6.45) is 7.38. The lowest BCUT2D eigenvalue weighted by molar-refractivity contribution is -0.215. The van der Waals surface area contributed by atoms with E-state index in [9.17, 15) is 15.0 Å². The molecular weight excluding hydrogens is 594 g/mol. The molecule has 8 rings (SSSR count). The maximum absolute atomic E-state index is 13.3. The predicted octanol–water partition coefficient (Wildman–Crippen LogP) is 5.22. The van der Waals surface area contributed by atoms with E-state index in [0.29, 0.717) is 36.3 Å². The summed E-state index contributed by atoms with van der Waals surface area (Å²) in [5.74, 6) is 1.68. The third-order valence-corrected chi connectivity index (χ3v) is 16.8. The molecule has 8 fully saturated rings. The van der Waals surface area contributed by atoms with Gasteiger partial charge in [0.25, 0.3) is 0 Å². The number of aliphatic hydroxyl groups is 2. The van der Waals surface area contributed by atoms with Crippen LogP contribution in [-0.4, -0.2) is 96.2 Å². The first-order valence-corrected chi connectivity index (χ1v) is 19.2.